The Morgan fingerprint density at radius 2 is 2.23 bits per heavy atom. The molecule has 0 aliphatic carbocycles. The van der Waals surface area contributed by atoms with Crippen LogP contribution in [0, 0.1) is 0 Å². The van der Waals surface area contributed by atoms with Gasteiger partial charge >= 0.3 is 0 Å². The van der Waals surface area contributed by atoms with Crippen LogP contribution in [0.1, 0.15) is 39.9 Å². The number of benzene rings is 1. The fourth-order valence-electron chi connectivity index (χ4n) is 2.83. The number of aromatic nitrogens is 1. The second-order valence-electron chi connectivity index (χ2n) is 5.26. The molecule has 22 heavy (non-hydrogen) atoms. The Kier molecular flexibility index (Phi) is 4.40. The molecule has 5 nitrogen and oxygen atoms in total. The molecule has 0 spiro atoms. The first-order chi connectivity index (χ1) is 10.7. The molecule has 0 saturated carbocycles. The third-order valence-corrected chi connectivity index (χ3v) is 4.83. The van der Waals surface area contributed by atoms with E-state index in [9.17, 15) is 4.79 Å². The van der Waals surface area contributed by atoms with E-state index in [0.29, 0.717) is 12.2 Å². The predicted octanol–water partition coefficient (Wildman–Crippen LogP) is 2.59. The molecule has 0 bridgehead atoms. The topological polar surface area (TPSA) is 68.5 Å². The van der Waals surface area contributed by atoms with Gasteiger partial charge in [-0.1, -0.05) is 12.1 Å². The quantitative estimate of drug-likeness (QED) is 0.941. The van der Waals surface area contributed by atoms with Crippen LogP contribution in [-0.4, -0.2) is 29.4 Å². The van der Waals surface area contributed by atoms with Crippen LogP contribution >= 0.6 is 11.3 Å². The Labute approximate surface area is 133 Å². The molecule has 0 radical (unpaired) electrons. The Morgan fingerprint density at radius 1 is 1.45 bits per heavy atom. The van der Waals surface area contributed by atoms with Gasteiger partial charge in [0.1, 0.15) is 16.5 Å². The summed E-state index contributed by atoms with van der Waals surface area (Å²) in [7, 11) is 1.65. The third kappa shape index (κ3) is 2.84. The summed E-state index contributed by atoms with van der Waals surface area (Å²) in [5.41, 5.74) is 7.22. The maximum Gasteiger partial charge on any atom is 0.273 e. The Morgan fingerprint density at radius 3 is 2.86 bits per heavy atom. The van der Waals surface area contributed by atoms with Gasteiger partial charge in [-0.05, 0) is 30.5 Å². The summed E-state index contributed by atoms with van der Waals surface area (Å²) in [6, 6.07) is 8.04. The number of carbonyl (C=O) groups excluding carboxylic acids is 1. The normalized spacial score (nSPS) is 17.7. The van der Waals surface area contributed by atoms with Crippen molar-refractivity contribution in [1.82, 2.24) is 9.88 Å². The lowest BCUT2D eigenvalue weighted by molar-refractivity contribution is 0.0730. The van der Waals surface area contributed by atoms with Gasteiger partial charge < -0.3 is 15.4 Å². The molecule has 2 N–H and O–H groups in total. The predicted molar refractivity (Wildman–Crippen MR) is 86.0 cm³/mol. The first kappa shape index (κ1) is 15.0. The molecule has 1 aliphatic heterocycles. The van der Waals surface area contributed by atoms with Gasteiger partial charge in [0.25, 0.3) is 5.91 Å². The van der Waals surface area contributed by atoms with E-state index < -0.39 is 0 Å². The fourth-order valence-corrected chi connectivity index (χ4v) is 3.48. The first-order valence-electron chi connectivity index (χ1n) is 7.32. The Balaban J connectivity index is 1.81. The molecule has 1 amide bonds. The number of methoxy groups -OCH3 is 1. The zero-order valence-corrected chi connectivity index (χ0v) is 13.3. The average molecular weight is 317 g/mol. The molecular formula is C16H19N3O2S. The van der Waals surface area contributed by atoms with Gasteiger partial charge in [-0.3, -0.25) is 4.79 Å². The molecule has 1 unspecified atom stereocenters. The van der Waals surface area contributed by atoms with E-state index in [0.717, 1.165) is 35.7 Å². The largest absolute Gasteiger partial charge is 0.497 e. The summed E-state index contributed by atoms with van der Waals surface area (Å²) >= 11 is 1.44. The minimum absolute atomic E-state index is 0.00531. The minimum atomic E-state index is -0.00531. The van der Waals surface area contributed by atoms with E-state index in [1.165, 1.54) is 11.3 Å². The second kappa shape index (κ2) is 6.46. The van der Waals surface area contributed by atoms with Crippen molar-refractivity contribution in [3.05, 3.63) is 45.9 Å². The van der Waals surface area contributed by atoms with Gasteiger partial charge in [-0.25, -0.2) is 4.98 Å². The van der Waals surface area contributed by atoms with Crippen molar-refractivity contribution in [2.75, 3.05) is 13.7 Å². The number of ether oxygens (including phenoxy) is 1. The summed E-state index contributed by atoms with van der Waals surface area (Å²) in [6.45, 7) is 1.14. The van der Waals surface area contributed by atoms with Crippen LogP contribution in [0.4, 0.5) is 0 Å². The van der Waals surface area contributed by atoms with Crippen LogP contribution in [0.3, 0.4) is 0 Å². The van der Waals surface area contributed by atoms with Gasteiger partial charge in [0.05, 0.1) is 13.2 Å². The van der Waals surface area contributed by atoms with Crippen LogP contribution in [-0.2, 0) is 6.54 Å². The highest BCUT2D eigenvalue weighted by molar-refractivity contribution is 7.09. The molecule has 3 rings (SSSR count). The van der Waals surface area contributed by atoms with Crippen LogP contribution in [0.25, 0.3) is 0 Å². The molecule has 6 heteroatoms. The Hall–Kier alpha value is -1.92. The summed E-state index contributed by atoms with van der Waals surface area (Å²) in [6.07, 6.45) is 1.99. The van der Waals surface area contributed by atoms with E-state index in [1.807, 2.05) is 29.2 Å². The lowest BCUT2D eigenvalue weighted by Gasteiger charge is -2.24. The molecule has 1 aromatic heterocycles. The second-order valence-corrected chi connectivity index (χ2v) is 6.20. The van der Waals surface area contributed by atoms with Gasteiger partial charge in [0.2, 0.25) is 0 Å². The number of hydrogen-bond acceptors (Lipinski definition) is 5. The van der Waals surface area contributed by atoms with Crippen molar-refractivity contribution < 1.29 is 9.53 Å². The van der Waals surface area contributed by atoms with Crippen LogP contribution in [0.5, 0.6) is 5.75 Å². The van der Waals surface area contributed by atoms with E-state index in [4.69, 9.17) is 10.5 Å². The van der Waals surface area contributed by atoms with Crippen molar-refractivity contribution in [2.24, 2.45) is 5.73 Å². The lowest BCUT2D eigenvalue weighted by Crippen LogP contribution is -2.30. The minimum Gasteiger partial charge on any atom is -0.497 e. The van der Waals surface area contributed by atoms with E-state index in [-0.39, 0.29) is 11.9 Å². The number of rotatable bonds is 4. The number of thiazole rings is 1. The van der Waals surface area contributed by atoms with Gasteiger partial charge in [0.15, 0.2) is 0 Å². The summed E-state index contributed by atoms with van der Waals surface area (Å²) in [5.74, 6) is 0.820. The third-order valence-electron chi connectivity index (χ3n) is 3.96. The molecular weight excluding hydrogens is 298 g/mol. The van der Waals surface area contributed by atoms with Crippen LogP contribution < -0.4 is 10.5 Å². The molecule has 1 aromatic carbocycles. The number of carbonyl (C=O) groups is 1. The Bertz CT molecular complexity index is 654. The number of nitrogens with two attached hydrogens (primary N) is 1. The smallest absolute Gasteiger partial charge is 0.273 e. The molecule has 1 aliphatic rings. The number of likely N-dealkylation sites (tertiary alicyclic amines) is 1. The monoisotopic (exact) mass is 317 g/mol. The SMILES string of the molecule is COc1ccc(C2CCCN2C(=O)c2csc(CN)n2)cc1. The molecule has 2 aromatic rings. The fraction of sp³-hybridized carbons (Fsp3) is 0.375. The van der Waals surface area contributed by atoms with Crippen LogP contribution in [0.2, 0.25) is 0 Å². The van der Waals surface area contributed by atoms with Crippen molar-refractivity contribution in [1.29, 1.82) is 0 Å². The summed E-state index contributed by atoms with van der Waals surface area (Å²) in [5, 5.41) is 2.59. The zero-order valence-electron chi connectivity index (χ0n) is 12.5. The maximum absolute atomic E-state index is 12.7. The highest BCUT2D eigenvalue weighted by Gasteiger charge is 2.31. The first-order valence-corrected chi connectivity index (χ1v) is 8.20. The van der Waals surface area contributed by atoms with E-state index in [1.54, 1.807) is 12.5 Å². The molecule has 1 saturated heterocycles. The van der Waals surface area contributed by atoms with Gasteiger partial charge in [-0.2, -0.15) is 0 Å². The molecule has 2 heterocycles. The van der Waals surface area contributed by atoms with Crippen LogP contribution in [0.15, 0.2) is 29.6 Å². The van der Waals surface area contributed by atoms with Crippen molar-refractivity contribution in [3.8, 4) is 5.75 Å². The molecule has 116 valence electrons. The molecule has 1 fully saturated rings. The maximum atomic E-state index is 12.7. The van der Waals surface area contributed by atoms with Crippen molar-refractivity contribution in [2.45, 2.75) is 25.4 Å². The van der Waals surface area contributed by atoms with E-state index in [2.05, 4.69) is 4.98 Å². The molecule has 1 atom stereocenters. The van der Waals surface area contributed by atoms with Crippen molar-refractivity contribution >= 4 is 17.2 Å². The van der Waals surface area contributed by atoms with Gasteiger partial charge in [-0.15, -0.1) is 11.3 Å². The standard InChI is InChI=1S/C16H19N3O2S/c1-21-12-6-4-11(5-7-12)14-3-2-8-19(14)16(20)13-10-22-15(9-17)18-13/h4-7,10,14H,2-3,8-9,17H2,1H3. The number of nitrogens with zero attached hydrogens (tertiary/aromatic N) is 2. The summed E-state index contributed by atoms with van der Waals surface area (Å²) < 4.78 is 5.19. The van der Waals surface area contributed by atoms with Crippen molar-refractivity contribution in [3.63, 3.8) is 0 Å². The zero-order chi connectivity index (χ0) is 15.5. The van der Waals surface area contributed by atoms with Gasteiger partial charge in [0, 0.05) is 18.5 Å². The lowest BCUT2D eigenvalue weighted by atomic mass is 10.0. The summed E-state index contributed by atoms with van der Waals surface area (Å²) in [4.78, 5) is 18.9. The highest BCUT2D eigenvalue weighted by Crippen LogP contribution is 2.34. The highest BCUT2D eigenvalue weighted by atomic mass is 32.1. The number of amides is 1. The number of hydrogen-bond donors (Lipinski definition) is 1. The average Bonchev–Trinajstić information content (AvgIpc) is 3.23. The van der Waals surface area contributed by atoms with E-state index >= 15 is 0 Å².